The highest BCUT2D eigenvalue weighted by Gasteiger charge is 2.45. The van der Waals surface area contributed by atoms with Gasteiger partial charge in [0.15, 0.2) is 0 Å². The van der Waals surface area contributed by atoms with E-state index < -0.39 is 0 Å². The summed E-state index contributed by atoms with van der Waals surface area (Å²) in [5.74, 6) is 0.932. The first-order chi connectivity index (χ1) is 6.82. The van der Waals surface area contributed by atoms with Crippen molar-refractivity contribution in [1.82, 2.24) is 0 Å². The molecule has 2 nitrogen and oxygen atoms in total. The molecular formula is C12H16O2. The van der Waals surface area contributed by atoms with Crippen LogP contribution in [0, 0.1) is 0 Å². The first kappa shape index (κ1) is 9.53. The minimum Gasteiger partial charge on any atom is -0.494 e. The number of aliphatic hydroxyl groups excluding tert-OH is 1. The van der Waals surface area contributed by atoms with Gasteiger partial charge >= 0.3 is 0 Å². The maximum atomic E-state index is 9.35. The van der Waals surface area contributed by atoms with Crippen LogP contribution in [0.1, 0.15) is 25.3 Å². The molecule has 1 saturated carbocycles. The minimum absolute atomic E-state index is 0.00572. The highest BCUT2D eigenvalue weighted by atomic mass is 16.5. The van der Waals surface area contributed by atoms with E-state index in [1.165, 1.54) is 5.56 Å². The molecule has 0 radical (unpaired) electrons. The van der Waals surface area contributed by atoms with E-state index in [1.807, 2.05) is 25.1 Å². The molecule has 0 heterocycles. The summed E-state index contributed by atoms with van der Waals surface area (Å²) in [6.45, 7) is 2.89. The maximum Gasteiger partial charge on any atom is 0.123 e. The lowest BCUT2D eigenvalue weighted by atomic mass is 9.96. The van der Waals surface area contributed by atoms with E-state index in [-0.39, 0.29) is 12.0 Å². The van der Waals surface area contributed by atoms with E-state index >= 15 is 0 Å². The molecule has 1 aromatic rings. The van der Waals surface area contributed by atoms with Gasteiger partial charge in [-0.2, -0.15) is 0 Å². The Hall–Kier alpha value is -1.02. The number of aliphatic hydroxyl groups is 1. The summed E-state index contributed by atoms with van der Waals surface area (Å²) in [5.41, 5.74) is 1.18. The molecular weight excluding hydrogens is 176 g/mol. The molecule has 14 heavy (non-hydrogen) atoms. The first-order valence-corrected chi connectivity index (χ1v) is 5.15. The number of ether oxygens (including phenoxy) is 1. The van der Waals surface area contributed by atoms with Crippen LogP contribution in [-0.4, -0.2) is 18.3 Å². The van der Waals surface area contributed by atoms with Crippen molar-refractivity contribution in [2.75, 3.05) is 13.2 Å². The molecule has 1 aliphatic rings. The van der Waals surface area contributed by atoms with Crippen LogP contribution in [0.25, 0.3) is 0 Å². The summed E-state index contributed by atoms with van der Waals surface area (Å²) in [6, 6.07) is 8.03. The zero-order chi connectivity index (χ0) is 10.0. The molecule has 0 spiro atoms. The van der Waals surface area contributed by atoms with Crippen molar-refractivity contribution in [3.63, 3.8) is 0 Å². The molecule has 0 bridgehead atoms. The molecule has 0 saturated heterocycles. The summed E-state index contributed by atoms with van der Waals surface area (Å²) in [4.78, 5) is 0. The minimum atomic E-state index is 0.00572. The van der Waals surface area contributed by atoms with Crippen molar-refractivity contribution in [2.24, 2.45) is 0 Å². The Labute approximate surface area is 84.5 Å². The van der Waals surface area contributed by atoms with Gasteiger partial charge in [-0.05, 0) is 25.8 Å². The third kappa shape index (κ3) is 1.50. The number of rotatable bonds is 4. The SMILES string of the molecule is CCOc1ccccc1C1(CO)CC1. The van der Waals surface area contributed by atoms with Gasteiger partial charge in [0.05, 0.1) is 13.2 Å². The van der Waals surface area contributed by atoms with Gasteiger partial charge in [-0.3, -0.25) is 0 Å². The molecule has 2 heteroatoms. The van der Waals surface area contributed by atoms with E-state index in [0.717, 1.165) is 18.6 Å². The number of hydrogen-bond donors (Lipinski definition) is 1. The fourth-order valence-electron chi connectivity index (χ4n) is 1.85. The quantitative estimate of drug-likeness (QED) is 0.791. The highest BCUT2D eigenvalue weighted by Crippen LogP contribution is 2.50. The lowest BCUT2D eigenvalue weighted by Gasteiger charge is -2.16. The van der Waals surface area contributed by atoms with E-state index in [0.29, 0.717) is 6.61 Å². The lowest BCUT2D eigenvalue weighted by molar-refractivity contribution is 0.249. The van der Waals surface area contributed by atoms with E-state index in [1.54, 1.807) is 0 Å². The van der Waals surface area contributed by atoms with Gasteiger partial charge in [0, 0.05) is 11.0 Å². The molecule has 0 aliphatic heterocycles. The maximum absolute atomic E-state index is 9.35. The largest absolute Gasteiger partial charge is 0.494 e. The Kier molecular flexibility index (Phi) is 2.46. The van der Waals surface area contributed by atoms with Gasteiger partial charge in [0.25, 0.3) is 0 Å². The first-order valence-electron chi connectivity index (χ1n) is 5.15. The zero-order valence-electron chi connectivity index (χ0n) is 8.49. The standard InChI is InChI=1S/C12H16O2/c1-2-14-11-6-4-3-5-10(11)12(9-13)7-8-12/h3-6,13H,2,7-9H2,1H3. The van der Waals surface area contributed by atoms with Crippen molar-refractivity contribution in [1.29, 1.82) is 0 Å². The van der Waals surface area contributed by atoms with Gasteiger partial charge in [0.1, 0.15) is 5.75 Å². The van der Waals surface area contributed by atoms with Crippen LogP contribution in [0.15, 0.2) is 24.3 Å². The molecule has 1 N–H and O–H groups in total. The van der Waals surface area contributed by atoms with Crippen molar-refractivity contribution >= 4 is 0 Å². The van der Waals surface area contributed by atoms with E-state index in [4.69, 9.17) is 4.74 Å². The summed E-state index contributed by atoms with van der Waals surface area (Å²) >= 11 is 0. The topological polar surface area (TPSA) is 29.5 Å². The van der Waals surface area contributed by atoms with Gasteiger partial charge in [-0.1, -0.05) is 18.2 Å². The van der Waals surface area contributed by atoms with Crippen LogP contribution in [-0.2, 0) is 5.41 Å². The van der Waals surface area contributed by atoms with E-state index in [9.17, 15) is 5.11 Å². The van der Waals surface area contributed by atoms with Crippen molar-refractivity contribution < 1.29 is 9.84 Å². The normalized spacial score (nSPS) is 17.9. The molecule has 0 aromatic heterocycles. The summed E-state index contributed by atoms with van der Waals surface area (Å²) < 4.78 is 5.55. The van der Waals surface area contributed by atoms with Crippen molar-refractivity contribution in [2.45, 2.75) is 25.2 Å². The monoisotopic (exact) mass is 192 g/mol. The van der Waals surface area contributed by atoms with E-state index in [2.05, 4.69) is 6.07 Å². The van der Waals surface area contributed by atoms with Crippen LogP contribution >= 0.6 is 0 Å². The average Bonchev–Trinajstić information content (AvgIpc) is 3.00. The third-order valence-corrected chi connectivity index (χ3v) is 2.91. The van der Waals surface area contributed by atoms with Crippen LogP contribution in [0.2, 0.25) is 0 Å². The zero-order valence-corrected chi connectivity index (χ0v) is 8.49. The Morgan fingerprint density at radius 2 is 2.07 bits per heavy atom. The Morgan fingerprint density at radius 1 is 1.36 bits per heavy atom. The molecule has 1 aromatic carbocycles. The fourth-order valence-corrected chi connectivity index (χ4v) is 1.85. The van der Waals surface area contributed by atoms with Crippen LogP contribution < -0.4 is 4.74 Å². The van der Waals surface area contributed by atoms with Crippen molar-refractivity contribution in [3.05, 3.63) is 29.8 Å². The lowest BCUT2D eigenvalue weighted by Crippen LogP contribution is -2.13. The smallest absolute Gasteiger partial charge is 0.123 e. The highest BCUT2D eigenvalue weighted by molar-refractivity contribution is 5.43. The summed E-state index contributed by atoms with van der Waals surface area (Å²) in [7, 11) is 0. The molecule has 0 atom stereocenters. The molecule has 2 rings (SSSR count). The third-order valence-electron chi connectivity index (χ3n) is 2.91. The predicted molar refractivity (Wildman–Crippen MR) is 55.6 cm³/mol. The molecule has 0 unspecified atom stereocenters. The van der Waals surface area contributed by atoms with Gasteiger partial charge < -0.3 is 9.84 Å². The number of benzene rings is 1. The van der Waals surface area contributed by atoms with Gasteiger partial charge in [0.2, 0.25) is 0 Å². The van der Waals surface area contributed by atoms with Gasteiger partial charge in [-0.15, -0.1) is 0 Å². The number of para-hydroxylation sites is 1. The summed E-state index contributed by atoms with van der Waals surface area (Å²) in [5, 5.41) is 9.35. The fraction of sp³-hybridized carbons (Fsp3) is 0.500. The van der Waals surface area contributed by atoms with Crippen LogP contribution in [0.5, 0.6) is 5.75 Å². The second-order valence-electron chi connectivity index (χ2n) is 3.87. The van der Waals surface area contributed by atoms with Crippen LogP contribution in [0.4, 0.5) is 0 Å². The molecule has 1 fully saturated rings. The Bertz CT molecular complexity index is 316. The Morgan fingerprint density at radius 3 is 2.64 bits per heavy atom. The van der Waals surface area contributed by atoms with Crippen molar-refractivity contribution in [3.8, 4) is 5.75 Å². The number of hydrogen-bond acceptors (Lipinski definition) is 2. The average molecular weight is 192 g/mol. The van der Waals surface area contributed by atoms with Gasteiger partial charge in [-0.25, -0.2) is 0 Å². The molecule has 76 valence electrons. The predicted octanol–water partition coefficient (Wildman–Crippen LogP) is 2.11. The Balaban J connectivity index is 2.32. The second-order valence-corrected chi connectivity index (χ2v) is 3.87. The van der Waals surface area contributed by atoms with Crippen LogP contribution in [0.3, 0.4) is 0 Å². The molecule has 1 aliphatic carbocycles. The molecule has 0 amide bonds. The summed E-state index contributed by atoms with van der Waals surface area (Å²) in [6.07, 6.45) is 2.15. The second kappa shape index (κ2) is 3.62.